The number of nitrogens with zero attached hydrogens (tertiary/aromatic N) is 6. The van der Waals surface area contributed by atoms with Crippen LogP contribution in [0.5, 0.6) is 0 Å². The Kier molecular flexibility index (Phi) is 4.19. The van der Waals surface area contributed by atoms with Crippen LogP contribution in [0.4, 0.5) is 0 Å². The monoisotopic (exact) mass is 330 g/mol. The van der Waals surface area contributed by atoms with Crippen molar-refractivity contribution in [3.63, 3.8) is 0 Å². The number of rotatable bonds is 3. The lowest BCUT2D eigenvalue weighted by atomic mass is 9.97. The number of hydrogen-bond donors (Lipinski definition) is 0. The molecule has 0 fully saturated rings. The molecule has 0 aromatic carbocycles. The zero-order valence-electron chi connectivity index (χ0n) is 15.4. The Morgan fingerprint density at radius 2 is 1.83 bits per heavy atom. The predicted molar refractivity (Wildman–Crippen MR) is 90.6 cm³/mol. The molecule has 3 rings (SSSR count). The van der Waals surface area contributed by atoms with Crippen molar-refractivity contribution in [1.82, 2.24) is 29.4 Å². The normalized spacial score (nSPS) is 15.7. The van der Waals surface area contributed by atoms with Crippen molar-refractivity contribution < 1.29 is 4.79 Å². The van der Waals surface area contributed by atoms with E-state index in [4.69, 9.17) is 0 Å². The Morgan fingerprint density at radius 1 is 1.12 bits per heavy atom. The van der Waals surface area contributed by atoms with Crippen LogP contribution in [-0.4, -0.2) is 41.9 Å². The third-order valence-corrected chi connectivity index (χ3v) is 4.98. The molecular formula is C17H26N6O. The second kappa shape index (κ2) is 6.03. The van der Waals surface area contributed by atoms with Gasteiger partial charge >= 0.3 is 0 Å². The molecule has 0 saturated carbocycles. The molecule has 130 valence electrons. The Balaban J connectivity index is 1.81. The zero-order valence-corrected chi connectivity index (χ0v) is 15.4. The van der Waals surface area contributed by atoms with Crippen LogP contribution in [0.2, 0.25) is 0 Å². The van der Waals surface area contributed by atoms with Gasteiger partial charge in [0.2, 0.25) is 5.91 Å². The van der Waals surface area contributed by atoms with E-state index in [0.717, 1.165) is 35.1 Å². The molecule has 2 aromatic heterocycles. The number of carbonyl (C=O) groups is 1. The Hall–Kier alpha value is -2.18. The molecule has 0 N–H and O–H groups in total. The lowest BCUT2D eigenvalue weighted by Gasteiger charge is -2.30. The average molecular weight is 330 g/mol. The Bertz CT molecular complexity index is 772. The summed E-state index contributed by atoms with van der Waals surface area (Å²) in [7, 11) is 1.92. The molecular weight excluding hydrogens is 304 g/mol. The van der Waals surface area contributed by atoms with Crippen molar-refractivity contribution in [3.8, 4) is 0 Å². The van der Waals surface area contributed by atoms with E-state index in [-0.39, 0.29) is 11.8 Å². The van der Waals surface area contributed by atoms with Crippen molar-refractivity contribution in [2.75, 3.05) is 6.54 Å². The van der Waals surface area contributed by atoms with E-state index < -0.39 is 0 Å². The molecule has 7 heteroatoms. The van der Waals surface area contributed by atoms with Gasteiger partial charge in [0.15, 0.2) is 5.82 Å². The highest BCUT2D eigenvalue weighted by Crippen LogP contribution is 2.27. The van der Waals surface area contributed by atoms with Crippen LogP contribution in [0.25, 0.3) is 0 Å². The zero-order chi connectivity index (χ0) is 17.6. The van der Waals surface area contributed by atoms with Crippen LogP contribution < -0.4 is 0 Å². The minimum Gasteiger partial charge on any atom is -0.333 e. The van der Waals surface area contributed by atoms with Gasteiger partial charge in [-0.3, -0.25) is 9.48 Å². The standard InChI is InChI=1S/C17H26N6O/c1-10(2)16-19-18-14-9-22(7-8-23(14)16)17(24)11(3)15-12(4)20-21(6)13(15)5/h10-11H,7-9H2,1-6H3/t11-/m1/s1. The molecule has 1 aliphatic rings. The van der Waals surface area contributed by atoms with Crippen molar-refractivity contribution in [3.05, 3.63) is 28.6 Å². The highest BCUT2D eigenvalue weighted by Gasteiger charge is 2.30. The van der Waals surface area contributed by atoms with Gasteiger partial charge in [-0.15, -0.1) is 10.2 Å². The van der Waals surface area contributed by atoms with Crippen LogP contribution >= 0.6 is 0 Å². The average Bonchev–Trinajstić information content (AvgIpc) is 3.06. The van der Waals surface area contributed by atoms with Crippen molar-refractivity contribution in [2.24, 2.45) is 7.05 Å². The summed E-state index contributed by atoms with van der Waals surface area (Å²) in [6.45, 7) is 12.2. The molecule has 0 bridgehead atoms. The van der Waals surface area contributed by atoms with E-state index in [1.54, 1.807) is 0 Å². The van der Waals surface area contributed by atoms with Crippen LogP contribution in [-0.2, 0) is 24.9 Å². The topological polar surface area (TPSA) is 68.8 Å². The third kappa shape index (κ3) is 2.61. The van der Waals surface area contributed by atoms with Gasteiger partial charge in [-0.1, -0.05) is 13.8 Å². The minimum absolute atomic E-state index is 0.134. The fourth-order valence-corrected chi connectivity index (χ4v) is 3.61. The fourth-order valence-electron chi connectivity index (χ4n) is 3.61. The summed E-state index contributed by atoms with van der Waals surface area (Å²) in [6, 6.07) is 0. The maximum atomic E-state index is 13.0. The minimum atomic E-state index is -0.197. The first-order valence-corrected chi connectivity index (χ1v) is 8.52. The quantitative estimate of drug-likeness (QED) is 0.862. The molecule has 3 heterocycles. The van der Waals surface area contributed by atoms with E-state index >= 15 is 0 Å². The SMILES string of the molecule is Cc1nn(C)c(C)c1[C@@H](C)C(=O)N1CCn2c(nnc2C(C)C)C1. The van der Waals surface area contributed by atoms with Crippen LogP contribution in [0.3, 0.4) is 0 Å². The highest BCUT2D eigenvalue weighted by molar-refractivity contribution is 5.84. The summed E-state index contributed by atoms with van der Waals surface area (Å²) >= 11 is 0. The first kappa shape index (κ1) is 16.7. The lowest BCUT2D eigenvalue weighted by molar-refractivity contribution is -0.134. The molecule has 0 aliphatic carbocycles. The number of aromatic nitrogens is 5. The summed E-state index contributed by atoms with van der Waals surface area (Å²) < 4.78 is 4.00. The van der Waals surface area contributed by atoms with Gasteiger partial charge in [-0.05, 0) is 20.8 Å². The molecule has 0 radical (unpaired) electrons. The molecule has 24 heavy (non-hydrogen) atoms. The number of aryl methyl sites for hydroxylation is 2. The third-order valence-electron chi connectivity index (χ3n) is 4.98. The largest absolute Gasteiger partial charge is 0.333 e. The maximum absolute atomic E-state index is 13.0. The van der Waals surface area contributed by atoms with Crippen molar-refractivity contribution >= 4 is 5.91 Å². The van der Waals surface area contributed by atoms with Gasteiger partial charge in [-0.25, -0.2) is 0 Å². The first-order valence-electron chi connectivity index (χ1n) is 8.52. The fraction of sp³-hybridized carbons (Fsp3) is 0.647. The summed E-state index contributed by atoms with van der Waals surface area (Å²) in [6.07, 6.45) is 0. The van der Waals surface area contributed by atoms with Gasteiger partial charge in [0.1, 0.15) is 5.82 Å². The maximum Gasteiger partial charge on any atom is 0.230 e. The summed E-state index contributed by atoms with van der Waals surface area (Å²) in [4.78, 5) is 14.9. The Morgan fingerprint density at radius 3 is 2.42 bits per heavy atom. The van der Waals surface area contributed by atoms with E-state index in [2.05, 4.69) is 33.7 Å². The van der Waals surface area contributed by atoms with Gasteiger partial charge < -0.3 is 9.47 Å². The van der Waals surface area contributed by atoms with Crippen molar-refractivity contribution in [1.29, 1.82) is 0 Å². The molecule has 1 aliphatic heterocycles. The first-order chi connectivity index (χ1) is 11.3. The molecule has 0 unspecified atom stereocenters. The molecule has 1 amide bonds. The second-order valence-corrected chi connectivity index (χ2v) is 6.97. The number of carbonyl (C=O) groups excluding carboxylic acids is 1. The highest BCUT2D eigenvalue weighted by atomic mass is 16.2. The van der Waals surface area contributed by atoms with Crippen LogP contribution in [0, 0.1) is 13.8 Å². The summed E-state index contributed by atoms with van der Waals surface area (Å²) in [5, 5.41) is 13.0. The van der Waals surface area contributed by atoms with E-state index in [0.29, 0.717) is 19.0 Å². The second-order valence-electron chi connectivity index (χ2n) is 6.97. The van der Waals surface area contributed by atoms with Gasteiger partial charge in [0.05, 0.1) is 18.2 Å². The smallest absolute Gasteiger partial charge is 0.230 e. The number of hydrogen-bond acceptors (Lipinski definition) is 4. The lowest BCUT2D eigenvalue weighted by Crippen LogP contribution is -2.41. The molecule has 0 spiro atoms. The Labute approximate surface area is 142 Å². The molecule has 0 saturated heterocycles. The van der Waals surface area contributed by atoms with Crippen LogP contribution in [0.15, 0.2) is 0 Å². The predicted octanol–water partition coefficient (Wildman–Crippen LogP) is 1.90. The van der Waals surface area contributed by atoms with E-state index in [9.17, 15) is 4.79 Å². The summed E-state index contributed by atoms with van der Waals surface area (Å²) in [5.41, 5.74) is 3.02. The van der Waals surface area contributed by atoms with Crippen LogP contribution in [0.1, 0.15) is 61.2 Å². The molecule has 1 atom stereocenters. The molecule has 2 aromatic rings. The van der Waals surface area contributed by atoms with E-state index in [1.807, 2.05) is 37.4 Å². The van der Waals surface area contributed by atoms with Gasteiger partial charge in [-0.2, -0.15) is 5.10 Å². The number of amides is 1. The summed E-state index contributed by atoms with van der Waals surface area (Å²) in [5.74, 6) is 2.16. The van der Waals surface area contributed by atoms with E-state index in [1.165, 1.54) is 0 Å². The molecule has 7 nitrogen and oxygen atoms in total. The number of fused-ring (bicyclic) bond motifs is 1. The van der Waals surface area contributed by atoms with Gasteiger partial charge in [0, 0.05) is 37.3 Å². The van der Waals surface area contributed by atoms with Crippen molar-refractivity contribution in [2.45, 2.75) is 59.5 Å². The van der Waals surface area contributed by atoms with Gasteiger partial charge in [0.25, 0.3) is 0 Å².